The smallest absolute Gasteiger partial charge is 0.379 e. The summed E-state index contributed by atoms with van der Waals surface area (Å²) in [6.45, 7) is 8.11. The van der Waals surface area contributed by atoms with E-state index in [1.54, 1.807) is 7.05 Å². The molecular formula is C19H28F3N3O2. The molecule has 1 aliphatic rings. The van der Waals surface area contributed by atoms with Crippen molar-refractivity contribution in [2.75, 3.05) is 39.9 Å². The van der Waals surface area contributed by atoms with Crippen molar-refractivity contribution in [3.05, 3.63) is 35.4 Å². The van der Waals surface area contributed by atoms with Crippen LogP contribution in [0.2, 0.25) is 0 Å². The van der Waals surface area contributed by atoms with E-state index in [1.165, 1.54) is 17.0 Å². The fourth-order valence-electron chi connectivity index (χ4n) is 3.17. The van der Waals surface area contributed by atoms with Gasteiger partial charge in [-0.25, -0.2) is 4.79 Å². The fraction of sp³-hybridized carbons (Fsp3) is 0.632. The topological polar surface area (TPSA) is 44.8 Å². The molecule has 1 atom stereocenters. The number of ether oxygens (including phenoxy) is 1. The third kappa shape index (κ3) is 6.39. The zero-order valence-corrected chi connectivity index (χ0v) is 16.1. The number of morpholine rings is 1. The normalized spacial score (nSPS) is 17.0. The quantitative estimate of drug-likeness (QED) is 0.815. The summed E-state index contributed by atoms with van der Waals surface area (Å²) >= 11 is 0. The van der Waals surface area contributed by atoms with E-state index in [2.05, 4.69) is 24.1 Å². The maximum Gasteiger partial charge on any atom is 0.416 e. The number of carbonyl (C=O) groups is 1. The summed E-state index contributed by atoms with van der Waals surface area (Å²) in [5.74, 6) is 0.378. The van der Waals surface area contributed by atoms with Gasteiger partial charge in [0.15, 0.2) is 0 Å². The molecule has 0 aromatic heterocycles. The molecule has 27 heavy (non-hydrogen) atoms. The Labute approximate surface area is 158 Å². The lowest BCUT2D eigenvalue weighted by atomic mass is 10.0. The average Bonchev–Trinajstić information content (AvgIpc) is 2.62. The Balaban J connectivity index is 1.87. The standard InChI is InChI=1S/C19H28F3N3O2/c1-14(2)17(25-8-10-27-11-9-25)12-23-18(26)24(3)13-15-4-6-16(7-5-15)19(20,21)22/h4-7,14,17H,8-13H2,1-3H3,(H,23,26). The van der Waals surface area contributed by atoms with Gasteiger partial charge in [0.2, 0.25) is 0 Å². The van der Waals surface area contributed by atoms with Crippen LogP contribution in [0.1, 0.15) is 25.0 Å². The molecule has 5 nitrogen and oxygen atoms in total. The first-order valence-electron chi connectivity index (χ1n) is 9.15. The van der Waals surface area contributed by atoms with Crippen LogP contribution in [-0.2, 0) is 17.5 Å². The Morgan fingerprint density at radius 2 is 1.81 bits per heavy atom. The van der Waals surface area contributed by atoms with E-state index >= 15 is 0 Å². The molecule has 0 bridgehead atoms. The Kier molecular flexibility index (Phi) is 7.49. The molecule has 1 aromatic carbocycles. The van der Waals surface area contributed by atoms with Gasteiger partial charge in [0.1, 0.15) is 0 Å². The monoisotopic (exact) mass is 387 g/mol. The lowest BCUT2D eigenvalue weighted by molar-refractivity contribution is -0.137. The maximum atomic E-state index is 12.6. The van der Waals surface area contributed by atoms with Crippen molar-refractivity contribution in [2.45, 2.75) is 32.6 Å². The minimum atomic E-state index is -4.35. The van der Waals surface area contributed by atoms with Crippen LogP contribution in [0.5, 0.6) is 0 Å². The van der Waals surface area contributed by atoms with Crippen LogP contribution >= 0.6 is 0 Å². The molecule has 1 aliphatic heterocycles. The van der Waals surface area contributed by atoms with E-state index in [4.69, 9.17) is 4.74 Å². The maximum absolute atomic E-state index is 12.6. The molecular weight excluding hydrogens is 359 g/mol. The number of halogens is 3. The van der Waals surface area contributed by atoms with Gasteiger partial charge in [-0.15, -0.1) is 0 Å². The summed E-state index contributed by atoms with van der Waals surface area (Å²) in [7, 11) is 1.63. The van der Waals surface area contributed by atoms with E-state index < -0.39 is 11.7 Å². The molecule has 0 aliphatic carbocycles. The molecule has 1 heterocycles. The fourth-order valence-corrected chi connectivity index (χ4v) is 3.17. The van der Waals surface area contributed by atoms with Crippen LogP contribution in [0, 0.1) is 5.92 Å². The minimum Gasteiger partial charge on any atom is -0.379 e. The van der Waals surface area contributed by atoms with Gasteiger partial charge >= 0.3 is 12.2 Å². The summed E-state index contributed by atoms with van der Waals surface area (Å²) in [5, 5.41) is 2.94. The van der Waals surface area contributed by atoms with E-state index in [-0.39, 0.29) is 18.6 Å². The molecule has 1 N–H and O–H groups in total. The van der Waals surface area contributed by atoms with Crippen LogP contribution in [0.3, 0.4) is 0 Å². The summed E-state index contributed by atoms with van der Waals surface area (Å²) in [4.78, 5) is 16.2. The predicted molar refractivity (Wildman–Crippen MR) is 97.3 cm³/mol. The molecule has 1 saturated heterocycles. The predicted octanol–water partition coefficient (Wildman–Crippen LogP) is 3.20. The third-order valence-electron chi connectivity index (χ3n) is 4.79. The number of nitrogens with one attached hydrogen (secondary N) is 1. The summed E-state index contributed by atoms with van der Waals surface area (Å²) in [5.41, 5.74) is -0.0436. The number of nitrogens with zero attached hydrogens (tertiary/aromatic N) is 2. The van der Waals surface area contributed by atoms with Crippen molar-refractivity contribution in [1.82, 2.24) is 15.1 Å². The Morgan fingerprint density at radius 3 is 2.33 bits per heavy atom. The van der Waals surface area contributed by atoms with Crippen molar-refractivity contribution in [3.8, 4) is 0 Å². The van der Waals surface area contributed by atoms with Gasteiger partial charge in [0.25, 0.3) is 0 Å². The molecule has 1 fully saturated rings. The van der Waals surface area contributed by atoms with E-state index in [1.807, 2.05) is 0 Å². The highest BCUT2D eigenvalue weighted by atomic mass is 19.4. The zero-order valence-electron chi connectivity index (χ0n) is 16.1. The zero-order chi connectivity index (χ0) is 20.0. The van der Waals surface area contributed by atoms with E-state index in [0.29, 0.717) is 31.2 Å². The van der Waals surface area contributed by atoms with Crippen molar-refractivity contribution < 1.29 is 22.7 Å². The van der Waals surface area contributed by atoms with Gasteiger partial charge in [-0.3, -0.25) is 4.90 Å². The van der Waals surface area contributed by atoms with Gasteiger partial charge in [-0.05, 0) is 23.6 Å². The average molecular weight is 387 g/mol. The van der Waals surface area contributed by atoms with Crippen molar-refractivity contribution in [3.63, 3.8) is 0 Å². The number of amides is 2. The lowest BCUT2D eigenvalue weighted by Crippen LogP contribution is -2.52. The summed E-state index contributed by atoms with van der Waals surface area (Å²) < 4.78 is 43.2. The number of hydrogen-bond acceptors (Lipinski definition) is 3. The van der Waals surface area contributed by atoms with Gasteiger partial charge in [-0.1, -0.05) is 26.0 Å². The molecule has 0 radical (unpaired) electrons. The molecule has 152 valence electrons. The number of benzene rings is 1. The first-order chi connectivity index (χ1) is 12.7. The van der Waals surface area contributed by atoms with Crippen LogP contribution < -0.4 is 5.32 Å². The third-order valence-corrected chi connectivity index (χ3v) is 4.79. The Morgan fingerprint density at radius 1 is 1.22 bits per heavy atom. The molecule has 1 unspecified atom stereocenters. The van der Waals surface area contributed by atoms with Gasteiger partial charge in [0.05, 0.1) is 18.8 Å². The molecule has 2 amide bonds. The molecule has 0 spiro atoms. The van der Waals surface area contributed by atoms with E-state index in [0.717, 1.165) is 25.2 Å². The largest absolute Gasteiger partial charge is 0.416 e. The van der Waals surface area contributed by atoms with Gasteiger partial charge < -0.3 is 15.0 Å². The second-order valence-electron chi connectivity index (χ2n) is 7.20. The number of carbonyl (C=O) groups excluding carboxylic acids is 1. The highest BCUT2D eigenvalue weighted by molar-refractivity contribution is 5.73. The minimum absolute atomic E-state index is 0.220. The molecule has 8 heteroatoms. The number of hydrogen-bond donors (Lipinski definition) is 1. The first kappa shape index (κ1) is 21.5. The summed E-state index contributed by atoms with van der Waals surface area (Å²) in [6, 6.07) is 4.85. The lowest BCUT2D eigenvalue weighted by Gasteiger charge is -2.37. The highest BCUT2D eigenvalue weighted by Gasteiger charge is 2.30. The van der Waals surface area contributed by atoms with Crippen molar-refractivity contribution >= 4 is 6.03 Å². The highest BCUT2D eigenvalue weighted by Crippen LogP contribution is 2.29. The van der Waals surface area contributed by atoms with Gasteiger partial charge in [0, 0.05) is 39.3 Å². The summed E-state index contributed by atoms with van der Waals surface area (Å²) in [6.07, 6.45) is -4.35. The van der Waals surface area contributed by atoms with Crippen LogP contribution in [0.25, 0.3) is 0 Å². The number of alkyl halides is 3. The second kappa shape index (κ2) is 9.41. The van der Waals surface area contributed by atoms with Crippen LogP contribution in [0.15, 0.2) is 24.3 Å². The SMILES string of the molecule is CC(C)C(CNC(=O)N(C)Cc1ccc(C(F)(F)F)cc1)N1CCOCC1. The van der Waals surface area contributed by atoms with Crippen molar-refractivity contribution in [1.29, 1.82) is 0 Å². The Hall–Kier alpha value is -1.80. The van der Waals surface area contributed by atoms with Crippen molar-refractivity contribution in [2.24, 2.45) is 5.92 Å². The molecule has 2 rings (SSSR count). The molecule has 0 saturated carbocycles. The number of rotatable bonds is 6. The molecule has 1 aromatic rings. The van der Waals surface area contributed by atoms with E-state index in [9.17, 15) is 18.0 Å². The van der Waals surface area contributed by atoms with Gasteiger partial charge in [-0.2, -0.15) is 13.2 Å². The number of urea groups is 1. The Bertz CT molecular complexity index is 599. The van der Waals surface area contributed by atoms with Crippen LogP contribution in [-0.4, -0.2) is 61.8 Å². The van der Waals surface area contributed by atoms with Crippen LogP contribution in [0.4, 0.5) is 18.0 Å². The second-order valence-corrected chi connectivity index (χ2v) is 7.20. The first-order valence-corrected chi connectivity index (χ1v) is 9.15.